The molecule has 1 amide bonds. The van der Waals surface area contributed by atoms with Crippen LogP contribution in [0.1, 0.15) is 21.7 Å². The van der Waals surface area contributed by atoms with Gasteiger partial charge < -0.3 is 14.1 Å². The van der Waals surface area contributed by atoms with Crippen LogP contribution in [-0.2, 0) is 13.2 Å². The summed E-state index contributed by atoms with van der Waals surface area (Å²) >= 11 is 3.44. The molecule has 0 atom stereocenters. The lowest BCUT2D eigenvalue weighted by atomic mass is 10.1. The van der Waals surface area contributed by atoms with Crippen LogP contribution in [0.3, 0.4) is 0 Å². The molecule has 150 valence electrons. The molecule has 0 saturated carbocycles. The van der Waals surface area contributed by atoms with Gasteiger partial charge in [0.1, 0.15) is 18.1 Å². The van der Waals surface area contributed by atoms with Crippen LogP contribution in [0.15, 0.2) is 75.8 Å². The largest absolute Gasteiger partial charge is 0.489 e. The molecule has 2 aromatic carbocycles. The highest BCUT2D eigenvalue weighted by Crippen LogP contribution is 2.19. The van der Waals surface area contributed by atoms with Crippen LogP contribution in [0.25, 0.3) is 0 Å². The molecule has 1 aromatic heterocycles. The fraction of sp³-hybridized carbons (Fsp3) is 0.261. The van der Waals surface area contributed by atoms with E-state index in [-0.39, 0.29) is 5.91 Å². The van der Waals surface area contributed by atoms with Crippen molar-refractivity contribution in [2.45, 2.75) is 13.2 Å². The van der Waals surface area contributed by atoms with Gasteiger partial charge in [-0.2, -0.15) is 0 Å². The molecule has 1 aliphatic heterocycles. The van der Waals surface area contributed by atoms with E-state index in [1.807, 2.05) is 65.6 Å². The van der Waals surface area contributed by atoms with Gasteiger partial charge in [-0.25, -0.2) is 0 Å². The van der Waals surface area contributed by atoms with Crippen LogP contribution in [0.2, 0.25) is 0 Å². The third-order valence-electron chi connectivity index (χ3n) is 4.99. The zero-order valence-electron chi connectivity index (χ0n) is 16.1. The normalized spacial score (nSPS) is 14.7. The average molecular weight is 455 g/mol. The molecular weight excluding hydrogens is 432 g/mol. The quantitative estimate of drug-likeness (QED) is 0.546. The number of piperazine rings is 1. The number of carbonyl (C=O) groups excluding carboxylic acids is 1. The Kier molecular flexibility index (Phi) is 6.32. The molecule has 0 radical (unpaired) electrons. The minimum atomic E-state index is 0.0759. The lowest BCUT2D eigenvalue weighted by Crippen LogP contribution is -2.48. The van der Waals surface area contributed by atoms with Gasteiger partial charge in [-0.1, -0.05) is 34.1 Å². The van der Waals surface area contributed by atoms with Crippen molar-refractivity contribution in [1.29, 1.82) is 0 Å². The van der Waals surface area contributed by atoms with E-state index in [1.165, 1.54) is 0 Å². The van der Waals surface area contributed by atoms with Gasteiger partial charge in [-0.3, -0.25) is 9.69 Å². The Morgan fingerprint density at radius 2 is 1.83 bits per heavy atom. The molecule has 1 fully saturated rings. The van der Waals surface area contributed by atoms with Crippen molar-refractivity contribution in [3.05, 3.63) is 88.3 Å². The van der Waals surface area contributed by atoms with Crippen LogP contribution in [0.4, 0.5) is 0 Å². The fourth-order valence-electron chi connectivity index (χ4n) is 3.43. The van der Waals surface area contributed by atoms with Crippen molar-refractivity contribution in [2.24, 2.45) is 0 Å². The smallest absolute Gasteiger partial charge is 0.253 e. The number of nitrogens with zero attached hydrogens (tertiary/aromatic N) is 2. The Bertz CT molecular complexity index is 950. The van der Waals surface area contributed by atoms with E-state index in [1.54, 1.807) is 6.26 Å². The predicted octanol–water partition coefficient (Wildman–Crippen LogP) is 4.58. The van der Waals surface area contributed by atoms with Gasteiger partial charge >= 0.3 is 0 Å². The molecular formula is C23H23BrN2O3. The van der Waals surface area contributed by atoms with Crippen LogP contribution < -0.4 is 4.74 Å². The first-order valence-corrected chi connectivity index (χ1v) is 10.5. The van der Waals surface area contributed by atoms with Gasteiger partial charge in [0, 0.05) is 36.2 Å². The number of rotatable bonds is 6. The fourth-order valence-corrected chi connectivity index (χ4v) is 3.81. The van der Waals surface area contributed by atoms with Gasteiger partial charge in [0.25, 0.3) is 5.91 Å². The third kappa shape index (κ3) is 5.28. The summed E-state index contributed by atoms with van der Waals surface area (Å²) in [6.07, 6.45) is 1.70. The van der Waals surface area contributed by atoms with E-state index in [0.29, 0.717) is 12.2 Å². The maximum Gasteiger partial charge on any atom is 0.253 e. The summed E-state index contributed by atoms with van der Waals surface area (Å²) in [5.74, 6) is 1.83. The van der Waals surface area contributed by atoms with E-state index < -0.39 is 0 Å². The Morgan fingerprint density at radius 3 is 2.59 bits per heavy atom. The molecule has 4 rings (SSSR count). The van der Waals surface area contributed by atoms with Crippen LogP contribution in [0.5, 0.6) is 5.75 Å². The lowest BCUT2D eigenvalue weighted by molar-refractivity contribution is 0.0620. The zero-order chi connectivity index (χ0) is 20.1. The second-order valence-electron chi connectivity index (χ2n) is 7.09. The standard InChI is InChI=1S/C23H23BrN2O3/c24-20-6-2-7-21(15-20)29-17-18-4-1-5-19(14-18)23(27)26-11-9-25(10-12-26)16-22-8-3-13-28-22/h1-8,13-15H,9-12,16-17H2. The van der Waals surface area contributed by atoms with E-state index in [0.717, 1.165) is 54.3 Å². The Labute approximate surface area is 179 Å². The number of amides is 1. The van der Waals surface area contributed by atoms with Gasteiger partial charge in [-0.15, -0.1) is 0 Å². The monoisotopic (exact) mass is 454 g/mol. The molecule has 3 aromatic rings. The van der Waals surface area contributed by atoms with E-state index >= 15 is 0 Å². The molecule has 0 N–H and O–H groups in total. The second kappa shape index (κ2) is 9.29. The van der Waals surface area contributed by atoms with Crippen LogP contribution in [-0.4, -0.2) is 41.9 Å². The van der Waals surface area contributed by atoms with Crippen molar-refractivity contribution in [3.63, 3.8) is 0 Å². The Morgan fingerprint density at radius 1 is 1.00 bits per heavy atom. The molecule has 6 heteroatoms. The van der Waals surface area contributed by atoms with Gasteiger partial charge in [0.2, 0.25) is 0 Å². The maximum absolute atomic E-state index is 12.9. The summed E-state index contributed by atoms with van der Waals surface area (Å²) in [5.41, 5.74) is 1.69. The average Bonchev–Trinajstić information content (AvgIpc) is 3.26. The first-order valence-electron chi connectivity index (χ1n) is 9.69. The summed E-state index contributed by atoms with van der Waals surface area (Å²) in [6.45, 7) is 4.35. The van der Waals surface area contributed by atoms with Crippen molar-refractivity contribution in [2.75, 3.05) is 26.2 Å². The van der Waals surface area contributed by atoms with Crippen LogP contribution in [0, 0.1) is 0 Å². The number of hydrogen-bond donors (Lipinski definition) is 0. The third-order valence-corrected chi connectivity index (χ3v) is 5.49. The van der Waals surface area contributed by atoms with E-state index in [9.17, 15) is 4.79 Å². The van der Waals surface area contributed by atoms with Crippen LogP contribution >= 0.6 is 15.9 Å². The lowest BCUT2D eigenvalue weighted by Gasteiger charge is -2.34. The minimum Gasteiger partial charge on any atom is -0.489 e. The molecule has 29 heavy (non-hydrogen) atoms. The summed E-state index contributed by atoms with van der Waals surface area (Å²) in [4.78, 5) is 17.2. The maximum atomic E-state index is 12.9. The van der Waals surface area contributed by atoms with E-state index in [2.05, 4.69) is 20.8 Å². The van der Waals surface area contributed by atoms with Gasteiger partial charge in [0.05, 0.1) is 12.8 Å². The molecule has 0 spiro atoms. The first-order chi connectivity index (χ1) is 14.2. The molecule has 5 nitrogen and oxygen atoms in total. The minimum absolute atomic E-state index is 0.0759. The highest BCUT2D eigenvalue weighted by Gasteiger charge is 2.22. The predicted molar refractivity (Wildman–Crippen MR) is 115 cm³/mol. The molecule has 0 bridgehead atoms. The highest BCUT2D eigenvalue weighted by molar-refractivity contribution is 9.10. The number of hydrogen-bond acceptors (Lipinski definition) is 4. The molecule has 1 aliphatic rings. The molecule has 2 heterocycles. The van der Waals surface area contributed by atoms with Crippen molar-refractivity contribution >= 4 is 21.8 Å². The molecule has 0 aliphatic carbocycles. The summed E-state index contributed by atoms with van der Waals surface area (Å²) in [7, 11) is 0. The zero-order valence-corrected chi connectivity index (χ0v) is 17.7. The number of carbonyl (C=O) groups is 1. The van der Waals surface area contributed by atoms with Gasteiger partial charge in [0.15, 0.2) is 0 Å². The first kappa shape index (κ1) is 19.7. The SMILES string of the molecule is O=C(c1cccc(COc2cccc(Br)c2)c1)N1CCN(Cc2ccco2)CC1. The second-order valence-corrected chi connectivity index (χ2v) is 8.01. The Balaban J connectivity index is 1.32. The number of ether oxygens (including phenoxy) is 1. The summed E-state index contributed by atoms with van der Waals surface area (Å²) in [5, 5.41) is 0. The van der Waals surface area contributed by atoms with E-state index in [4.69, 9.17) is 9.15 Å². The van der Waals surface area contributed by atoms with Crippen molar-refractivity contribution < 1.29 is 13.9 Å². The molecule has 1 saturated heterocycles. The molecule has 0 unspecified atom stereocenters. The van der Waals surface area contributed by atoms with Crippen molar-refractivity contribution in [1.82, 2.24) is 9.80 Å². The number of benzene rings is 2. The van der Waals surface area contributed by atoms with Gasteiger partial charge in [-0.05, 0) is 48.0 Å². The number of furan rings is 1. The summed E-state index contributed by atoms with van der Waals surface area (Å²) in [6, 6.07) is 19.3. The highest BCUT2D eigenvalue weighted by atomic mass is 79.9. The topological polar surface area (TPSA) is 45.9 Å². The number of halogens is 1. The van der Waals surface area contributed by atoms with Crippen molar-refractivity contribution in [3.8, 4) is 5.75 Å². The summed E-state index contributed by atoms with van der Waals surface area (Å²) < 4.78 is 12.2. The Hall–Kier alpha value is -2.57.